The highest BCUT2D eigenvalue weighted by Gasteiger charge is 2.03. The fraction of sp³-hybridized carbons (Fsp3) is 0.143. The molecule has 3 rings (SSSR count). The van der Waals surface area contributed by atoms with Crippen molar-refractivity contribution in [1.82, 2.24) is 9.97 Å². The van der Waals surface area contributed by atoms with Gasteiger partial charge in [-0.05, 0) is 48.9 Å². The summed E-state index contributed by atoms with van der Waals surface area (Å²) >= 11 is 3.45. The fourth-order valence-corrected chi connectivity index (χ4v) is 2.76. The molecule has 0 unspecified atom stereocenters. The van der Waals surface area contributed by atoms with Crippen molar-refractivity contribution in [2.75, 3.05) is 12.5 Å². The number of rotatable bonds is 2. The second-order valence-electron chi connectivity index (χ2n) is 3.93. The summed E-state index contributed by atoms with van der Waals surface area (Å²) in [6.07, 6.45) is 4.14. The van der Waals surface area contributed by atoms with Crippen LogP contribution in [0.5, 0.6) is 0 Å². The maximum absolute atomic E-state index is 4.68. The molecule has 18 heavy (non-hydrogen) atoms. The van der Waals surface area contributed by atoms with Gasteiger partial charge in [-0.2, -0.15) is 0 Å². The molecule has 0 aliphatic carbocycles. The molecule has 0 radical (unpaired) electrons. The van der Waals surface area contributed by atoms with Gasteiger partial charge in [0.25, 0.3) is 0 Å². The zero-order valence-corrected chi connectivity index (χ0v) is 11.8. The van der Waals surface area contributed by atoms with E-state index in [1.54, 1.807) is 23.5 Å². The van der Waals surface area contributed by atoms with Crippen LogP contribution in [0.4, 0.5) is 0 Å². The molecule has 0 aliphatic rings. The molecule has 0 bridgehead atoms. The summed E-state index contributed by atoms with van der Waals surface area (Å²) in [7, 11) is 0. The van der Waals surface area contributed by atoms with Crippen LogP contribution in [0, 0.1) is 0 Å². The topological polar surface area (TPSA) is 25.8 Å². The van der Waals surface area contributed by atoms with Gasteiger partial charge in [0, 0.05) is 9.79 Å². The normalized spacial score (nSPS) is 11.2. The van der Waals surface area contributed by atoms with E-state index in [-0.39, 0.29) is 0 Å². The van der Waals surface area contributed by atoms with Gasteiger partial charge in [-0.3, -0.25) is 0 Å². The minimum atomic E-state index is 0.957. The Morgan fingerprint density at radius 3 is 1.50 bits per heavy atom. The second kappa shape index (κ2) is 4.78. The summed E-state index contributed by atoms with van der Waals surface area (Å²) in [5.74, 6) is 0. The minimum absolute atomic E-state index is 0.957. The van der Waals surface area contributed by atoms with Crippen molar-refractivity contribution in [3.8, 4) is 0 Å². The Bertz CT molecular complexity index is 662. The van der Waals surface area contributed by atoms with Crippen LogP contribution >= 0.6 is 23.5 Å². The second-order valence-corrected chi connectivity index (χ2v) is 5.69. The quantitative estimate of drug-likeness (QED) is 0.515. The van der Waals surface area contributed by atoms with Crippen molar-refractivity contribution in [2.24, 2.45) is 0 Å². The highest BCUT2D eigenvalue weighted by atomic mass is 32.2. The van der Waals surface area contributed by atoms with E-state index in [4.69, 9.17) is 0 Å². The molecule has 1 aromatic heterocycles. The standard InChI is InChI=1S/C14H12N2S2/c1-17-9-3-5-11-13(7-9)15-12-6-4-10(18-2)8-14(12)16-11/h3-8H,1-2H3. The van der Waals surface area contributed by atoms with Crippen molar-refractivity contribution in [2.45, 2.75) is 9.79 Å². The molecule has 0 atom stereocenters. The van der Waals surface area contributed by atoms with Gasteiger partial charge in [0.05, 0.1) is 22.1 Å². The predicted octanol–water partition coefficient (Wildman–Crippen LogP) is 4.23. The summed E-state index contributed by atoms with van der Waals surface area (Å²) in [5, 5.41) is 0. The zero-order valence-electron chi connectivity index (χ0n) is 10.2. The SMILES string of the molecule is CSc1ccc2nc3cc(SC)ccc3nc2c1. The molecular formula is C14H12N2S2. The van der Waals surface area contributed by atoms with Gasteiger partial charge in [0.15, 0.2) is 0 Å². The average Bonchev–Trinajstić information content (AvgIpc) is 2.43. The third-order valence-electron chi connectivity index (χ3n) is 2.85. The maximum Gasteiger partial charge on any atom is 0.0905 e. The van der Waals surface area contributed by atoms with Crippen LogP contribution in [0.2, 0.25) is 0 Å². The Balaban J connectivity index is 2.28. The van der Waals surface area contributed by atoms with Crippen LogP contribution in [0.3, 0.4) is 0 Å². The number of fused-ring (bicyclic) bond motifs is 2. The van der Waals surface area contributed by atoms with Crippen molar-refractivity contribution in [3.63, 3.8) is 0 Å². The molecule has 4 heteroatoms. The first-order valence-electron chi connectivity index (χ1n) is 5.60. The molecule has 90 valence electrons. The Morgan fingerprint density at radius 2 is 1.11 bits per heavy atom. The maximum atomic E-state index is 4.68. The summed E-state index contributed by atoms with van der Waals surface area (Å²) in [6.45, 7) is 0. The molecule has 0 saturated heterocycles. The largest absolute Gasteiger partial charge is 0.244 e. The first-order chi connectivity index (χ1) is 8.80. The molecule has 0 aliphatic heterocycles. The zero-order chi connectivity index (χ0) is 12.5. The van der Waals surface area contributed by atoms with Crippen molar-refractivity contribution in [1.29, 1.82) is 0 Å². The van der Waals surface area contributed by atoms with E-state index in [0.717, 1.165) is 22.1 Å². The molecule has 2 nitrogen and oxygen atoms in total. The third kappa shape index (κ3) is 2.06. The van der Waals surface area contributed by atoms with Crippen molar-refractivity contribution >= 4 is 45.6 Å². The summed E-state index contributed by atoms with van der Waals surface area (Å²) < 4.78 is 0. The predicted molar refractivity (Wildman–Crippen MR) is 80.6 cm³/mol. The monoisotopic (exact) mass is 272 g/mol. The van der Waals surface area contributed by atoms with E-state index >= 15 is 0 Å². The van der Waals surface area contributed by atoms with Crippen LogP contribution in [0.25, 0.3) is 22.1 Å². The third-order valence-corrected chi connectivity index (χ3v) is 4.30. The lowest BCUT2D eigenvalue weighted by Gasteiger charge is -2.04. The van der Waals surface area contributed by atoms with E-state index in [1.165, 1.54) is 9.79 Å². The number of hydrogen-bond acceptors (Lipinski definition) is 4. The Hall–Kier alpha value is -1.26. The van der Waals surface area contributed by atoms with Gasteiger partial charge in [-0.25, -0.2) is 9.97 Å². The molecule has 0 N–H and O–H groups in total. The molecule has 1 heterocycles. The summed E-state index contributed by atoms with van der Waals surface area (Å²) in [6, 6.07) is 12.4. The molecule has 0 amide bonds. The van der Waals surface area contributed by atoms with Crippen LogP contribution < -0.4 is 0 Å². The molecule has 2 aromatic carbocycles. The molecule has 3 aromatic rings. The van der Waals surface area contributed by atoms with E-state index in [0.29, 0.717) is 0 Å². The number of thioether (sulfide) groups is 2. The lowest BCUT2D eigenvalue weighted by Crippen LogP contribution is -1.88. The van der Waals surface area contributed by atoms with Crippen molar-refractivity contribution < 1.29 is 0 Å². The van der Waals surface area contributed by atoms with Crippen LogP contribution in [-0.4, -0.2) is 22.5 Å². The molecule has 0 saturated carbocycles. The number of nitrogens with zero attached hydrogens (tertiary/aromatic N) is 2. The number of hydrogen-bond donors (Lipinski definition) is 0. The van der Waals surface area contributed by atoms with E-state index in [2.05, 4.69) is 46.7 Å². The lowest BCUT2D eigenvalue weighted by molar-refractivity contribution is 1.34. The Morgan fingerprint density at radius 1 is 0.667 bits per heavy atom. The molecular weight excluding hydrogens is 260 g/mol. The van der Waals surface area contributed by atoms with Gasteiger partial charge in [0.2, 0.25) is 0 Å². The van der Waals surface area contributed by atoms with Crippen LogP contribution in [-0.2, 0) is 0 Å². The van der Waals surface area contributed by atoms with Gasteiger partial charge >= 0.3 is 0 Å². The Kier molecular flexibility index (Phi) is 3.14. The molecule has 0 spiro atoms. The van der Waals surface area contributed by atoms with Crippen molar-refractivity contribution in [3.05, 3.63) is 36.4 Å². The van der Waals surface area contributed by atoms with Crippen LogP contribution in [0.1, 0.15) is 0 Å². The number of benzene rings is 2. The Labute approximate surface area is 114 Å². The van der Waals surface area contributed by atoms with E-state index < -0.39 is 0 Å². The summed E-state index contributed by atoms with van der Waals surface area (Å²) in [5.41, 5.74) is 3.84. The first kappa shape index (κ1) is 11.8. The highest BCUT2D eigenvalue weighted by molar-refractivity contribution is 7.98. The van der Waals surface area contributed by atoms with E-state index in [1.807, 2.05) is 12.1 Å². The van der Waals surface area contributed by atoms with E-state index in [9.17, 15) is 0 Å². The number of aromatic nitrogens is 2. The summed E-state index contributed by atoms with van der Waals surface area (Å²) in [4.78, 5) is 11.8. The average molecular weight is 272 g/mol. The van der Waals surface area contributed by atoms with Gasteiger partial charge in [0.1, 0.15) is 0 Å². The smallest absolute Gasteiger partial charge is 0.0905 e. The van der Waals surface area contributed by atoms with Gasteiger partial charge in [-0.1, -0.05) is 0 Å². The van der Waals surface area contributed by atoms with Crippen LogP contribution in [0.15, 0.2) is 46.2 Å². The van der Waals surface area contributed by atoms with Gasteiger partial charge < -0.3 is 0 Å². The highest BCUT2D eigenvalue weighted by Crippen LogP contribution is 2.24. The fourth-order valence-electron chi connectivity index (χ4n) is 1.89. The first-order valence-corrected chi connectivity index (χ1v) is 8.04. The van der Waals surface area contributed by atoms with Gasteiger partial charge in [-0.15, -0.1) is 23.5 Å². The molecule has 0 fully saturated rings. The minimum Gasteiger partial charge on any atom is -0.244 e. The lowest BCUT2D eigenvalue weighted by atomic mass is 10.2.